The van der Waals surface area contributed by atoms with Gasteiger partial charge in [0.05, 0.1) is 0 Å². The molecule has 0 saturated carbocycles. The molecule has 1 aromatic heterocycles. The van der Waals surface area contributed by atoms with Crippen LogP contribution in [0, 0.1) is 0 Å². The highest BCUT2D eigenvalue weighted by Crippen LogP contribution is 2.34. The molecule has 0 spiro atoms. The minimum Gasteiger partial charge on any atom is -0.391 e. The lowest BCUT2D eigenvalue weighted by Gasteiger charge is -2.04. The van der Waals surface area contributed by atoms with E-state index in [1.54, 1.807) is 0 Å². The van der Waals surface area contributed by atoms with Crippen molar-refractivity contribution >= 4 is 11.2 Å². The Bertz CT molecular complexity index is 520. The number of rotatable bonds is 0. The van der Waals surface area contributed by atoms with Crippen molar-refractivity contribution in [3.63, 3.8) is 0 Å². The van der Waals surface area contributed by atoms with Crippen molar-refractivity contribution < 1.29 is 22.0 Å². The Labute approximate surface area is 74.7 Å². The molecular formula is C8H3F3O3. The van der Waals surface area contributed by atoms with E-state index >= 15 is 0 Å². The fourth-order valence-corrected chi connectivity index (χ4v) is 1.12. The maximum absolute atomic E-state index is 12.3. The van der Waals surface area contributed by atoms with Gasteiger partial charge in [-0.05, 0) is 12.1 Å². The molecule has 0 amide bonds. The molecule has 0 N–H and O–H groups in total. The quantitative estimate of drug-likeness (QED) is 0.661. The fraction of sp³-hybridized carbons (Fsp3) is 0.125. The number of hydrogen-bond donors (Lipinski definition) is 0. The van der Waals surface area contributed by atoms with Gasteiger partial charge in [-0.1, -0.05) is 6.07 Å². The van der Waals surface area contributed by atoms with Crippen molar-refractivity contribution in [1.29, 1.82) is 0 Å². The molecule has 1 heterocycles. The Morgan fingerprint density at radius 2 is 1.86 bits per heavy atom. The first-order chi connectivity index (χ1) is 6.48. The molecule has 0 fully saturated rings. The lowest BCUT2D eigenvalue weighted by Crippen LogP contribution is -2.04. The summed E-state index contributed by atoms with van der Waals surface area (Å²) >= 11 is 0. The molecular weight excluding hydrogens is 201 g/mol. The van der Waals surface area contributed by atoms with Gasteiger partial charge >= 0.3 is 12.0 Å². The average molecular weight is 204 g/mol. The van der Waals surface area contributed by atoms with E-state index in [4.69, 9.17) is 0 Å². The Kier molecular flexibility index (Phi) is 1.67. The molecule has 0 aliphatic heterocycles. The third-order valence-electron chi connectivity index (χ3n) is 1.66. The maximum atomic E-state index is 12.3. The minimum absolute atomic E-state index is 0.204. The third-order valence-corrected chi connectivity index (χ3v) is 1.66. The van der Waals surface area contributed by atoms with Gasteiger partial charge in [-0.2, -0.15) is 13.2 Å². The Hall–Kier alpha value is -1.72. The highest BCUT2D eigenvalue weighted by atomic mass is 19.4. The monoisotopic (exact) mass is 204 g/mol. The zero-order chi connectivity index (χ0) is 10.3. The van der Waals surface area contributed by atoms with Crippen LogP contribution in [-0.2, 0) is 6.18 Å². The summed E-state index contributed by atoms with van der Waals surface area (Å²) < 4.78 is 45.6. The summed E-state index contributed by atoms with van der Waals surface area (Å²) in [4.78, 5) is 10.6. The Morgan fingerprint density at radius 1 is 1.14 bits per heavy atom. The van der Waals surface area contributed by atoms with Crippen molar-refractivity contribution in [2.24, 2.45) is 0 Å². The predicted octanol–water partition coefficient (Wildman–Crippen LogP) is 2.40. The summed E-state index contributed by atoms with van der Waals surface area (Å²) in [6, 6.07) is 3.19. The largest absolute Gasteiger partial charge is 0.519 e. The number of para-hydroxylation sites is 1. The minimum atomic E-state index is -4.56. The summed E-state index contributed by atoms with van der Waals surface area (Å²) in [5, 5.41) is 0. The third kappa shape index (κ3) is 1.28. The second-order valence-electron chi connectivity index (χ2n) is 2.58. The van der Waals surface area contributed by atoms with E-state index in [2.05, 4.69) is 8.83 Å². The number of benzene rings is 1. The van der Waals surface area contributed by atoms with Crippen molar-refractivity contribution in [2.45, 2.75) is 6.18 Å². The van der Waals surface area contributed by atoms with Crippen LogP contribution >= 0.6 is 0 Å². The van der Waals surface area contributed by atoms with Gasteiger partial charge < -0.3 is 8.83 Å². The molecule has 6 heteroatoms. The van der Waals surface area contributed by atoms with Gasteiger partial charge in [0.15, 0.2) is 11.2 Å². The van der Waals surface area contributed by atoms with Crippen LogP contribution in [0.5, 0.6) is 0 Å². The molecule has 14 heavy (non-hydrogen) atoms. The molecule has 0 radical (unpaired) electrons. The summed E-state index contributed by atoms with van der Waals surface area (Å²) in [5.41, 5.74) is -1.78. The first kappa shape index (κ1) is 8.86. The smallest absolute Gasteiger partial charge is 0.391 e. The molecule has 0 bridgehead atoms. The van der Waals surface area contributed by atoms with Crippen LogP contribution in [0.15, 0.2) is 31.8 Å². The molecule has 0 atom stereocenters. The van der Waals surface area contributed by atoms with E-state index < -0.39 is 23.1 Å². The summed E-state index contributed by atoms with van der Waals surface area (Å²) in [7, 11) is 0. The van der Waals surface area contributed by atoms with Gasteiger partial charge in [-0.15, -0.1) is 0 Å². The number of hydrogen-bond acceptors (Lipinski definition) is 3. The molecule has 2 aromatic rings. The standard InChI is InChI=1S/C8H3F3O3/c9-8(10,11)4-2-1-3-5-6(4)14-7(12)13-5/h1-3H. The molecule has 1 aromatic carbocycles. The summed E-state index contributed by atoms with van der Waals surface area (Å²) in [6.45, 7) is 0. The van der Waals surface area contributed by atoms with Gasteiger partial charge in [0.1, 0.15) is 5.56 Å². The first-order valence-electron chi connectivity index (χ1n) is 3.58. The van der Waals surface area contributed by atoms with E-state index in [9.17, 15) is 18.0 Å². The Balaban J connectivity index is 2.83. The van der Waals surface area contributed by atoms with Crippen molar-refractivity contribution in [3.8, 4) is 0 Å². The highest BCUT2D eigenvalue weighted by molar-refractivity contribution is 5.74. The second kappa shape index (κ2) is 2.63. The average Bonchev–Trinajstić information content (AvgIpc) is 2.41. The number of alkyl halides is 3. The molecule has 0 aliphatic rings. The SMILES string of the molecule is O=c1oc2cccc(C(F)(F)F)c2o1. The van der Waals surface area contributed by atoms with Crippen molar-refractivity contribution in [1.82, 2.24) is 0 Å². The fourth-order valence-electron chi connectivity index (χ4n) is 1.12. The van der Waals surface area contributed by atoms with E-state index in [1.165, 1.54) is 6.07 Å². The van der Waals surface area contributed by atoms with Gasteiger partial charge in [-0.25, -0.2) is 4.79 Å². The zero-order valence-electron chi connectivity index (χ0n) is 6.59. The van der Waals surface area contributed by atoms with E-state index in [-0.39, 0.29) is 5.58 Å². The summed E-state index contributed by atoms with van der Waals surface area (Å²) in [5.74, 6) is -1.14. The van der Waals surface area contributed by atoms with Gasteiger partial charge in [0.2, 0.25) is 0 Å². The van der Waals surface area contributed by atoms with Crippen LogP contribution in [0.1, 0.15) is 5.56 Å². The van der Waals surface area contributed by atoms with Gasteiger partial charge in [-0.3, -0.25) is 0 Å². The lowest BCUT2D eigenvalue weighted by molar-refractivity contribution is -0.136. The van der Waals surface area contributed by atoms with E-state index in [0.717, 1.165) is 12.1 Å². The van der Waals surface area contributed by atoms with Crippen molar-refractivity contribution in [2.75, 3.05) is 0 Å². The van der Waals surface area contributed by atoms with Gasteiger partial charge in [0.25, 0.3) is 0 Å². The number of fused-ring (bicyclic) bond motifs is 1. The van der Waals surface area contributed by atoms with Crippen LogP contribution < -0.4 is 5.82 Å². The van der Waals surface area contributed by atoms with Gasteiger partial charge in [0, 0.05) is 0 Å². The van der Waals surface area contributed by atoms with E-state index in [1.807, 2.05) is 0 Å². The maximum Gasteiger partial charge on any atom is 0.519 e. The Morgan fingerprint density at radius 3 is 2.50 bits per heavy atom. The molecule has 0 saturated heterocycles. The zero-order valence-corrected chi connectivity index (χ0v) is 6.59. The molecule has 2 rings (SSSR count). The topological polar surface area (TPSA) is 43.4 Å². The number of halogens is 3. The predicted molar refractivity (Wildman–Crippen MR) is 39.8 cm³/mol. The van der Waals surface area contributed by atoms with Crippen LogP contribution in [0.3, 0.4) is 0 Å². The molecule has 0 aliphatic carbocycles. The second-order valence-corrected chi connectivity index (χ2v) is 2.58. The summed E-state index contributed by atoms with van der Waals surface area (Å²) in [6.07, 6.45) is -4.56. The molecule has 3 nitrogen and oxygen atoms in total. The first-order valence-corrected chi connectivity index (χ1v) is 3.58. The lowest BCUT2D eigenvalue weighted by atomic mass is 10.2. The van der Waals surface area contributed by atoms with Crippen molar-refractivity contribution in [3.05, 3.63) is 34.4 Å². The van der Waals surface area contributed by atoms with Crippen LogP contribution in [-0.4, -0.2) is 0 Å². The normalized spacial score (nSPS) is 12.2. The van der Waals surface area contributed by atoms with Crippen LogP contribution in [0.2, 0.25) is 0 Å². The van der Waals surface area contributed by atoms with Crippen LogP contribution in [0.25, 0.3) is 11.2 Å². The highest BCUT2D eigenvalue weighted by Gasteiger charge is 2.34. The van der Waals surface area contributed by atoms with E-state index in [0.29, 0.717) is 0 Å². The molecule has 74 valence electrons. The molecule has 0 unspecified atom stereocenters. The van der Waals surface area contributed by atoms with Crippen LogP contribution in [0.4, 0.5) is 13.2 Å².